The van der Waals surface area contributed by atoms with E-state index in [1.807, 2.05) is 14.0 Å². The van der Waals surface area contributed by atoms with Crippen LogP contribution in [-0.2, 0) is 0 Å². The Labute approximate surface area is 110 Å². The molecule has 1 heterocycles. The van der Waals surface area contributed by atoms with E-state index in [9.17, 15) is 0 Å². The summed E-state index contributed by atoms with van der Waals surface area (Å²) in [5, 5.41) is 11.5. The molecule has 0 aliphatic heterocycles. The van der Waals surface area contributed by atoms with Crippen molar-refractivity contribution >= 4 is 6.01 Å². The molecular formula is C13H26N4O. The Morgan fingerprint density at radius 3 is 2.44 bits per heavy atom. The van der Waals surface area contributed by atoms with Gasteiger partial charge in [0.2, 0.25) is 5.89 Å². The molecule has 5 nitrogen and oxygen atoms in total. The van der Waals surface area contributed by atoms with Gasteiger partial charge in [-0.1, -0.05) is 25.9 Å². The van der Waals surface area contributed by atoms with Crippen LogP contribution < -0.4 is 10.2 Å². The van der Waals surface area contributed by atoms with Crippen LogP contribution in [0, 0.1) is 5.92 Å². The van der Waals surface area contributed by atoms with Gasteiger partial charge in [0.15, 0.2) is 0 Å². The summed E-state index contributed by atoms with van der Waals surface area (Å²) in [5.41, 5.74) is 0. The third-order valence-electron chi connectivity index (χ3n) is 3.09. The van der Waals surface area contributed by atoms with Gasteiger partial charge >= 0.3 is 6.01 Å². The molecule has 2 unspecified atom stereocenters. The number of rotatable bonds is 7. The summed E-state index contributed by atoms with van der Waals surface area (Å²) in [5.74, 6) is 1.31. The first kappa shape index (κ1) is 15.0. The van der Waals surface area contributed by atoms with Crippen LogP contribution in [0.1, 0.15) is 53.0 Å². The van der Waals surface area contributed by atoms with Crippen LogP contribution in [0.2, 0.25) is 0 Å². The van der Waals surface area contributed by atoms with Gasteiger partial charge in [-0.05, 0) is 32.7 Å². The molecule has 1 aromatic heterocycles. The maximum Gasteiger partial charge on any atom is 0.318 e. The molecule has 18 heavy (non-hydrogen) atoms. The zero-order chi connectivity index (χ0) is 13.7. The van der Waals surface area contributed by atoms with E-state index in [1.165, 1.54) is 0 Å². The minimum Gasteiger partial charge on any atom is -0.406 e. The fourth-order valence-electron chi connectivity index (χ4n) is 1.97. The van der Waals surface area contributed by atoms with E-state index in [0.717, 1.165) is 13.0 Å². The Morgan fingerprint density at radius 2 is 1.89 bits per heavy atom. The van der Waals surface area contributed by atoms with Gasteiger partial charge in [-0.2, -0.15) is 0 Å². The monoisotopic (exact) mass is 254 g/mol. The quantitative estimate of drug-likeness (QED) is 0.810. The molecule has 0 fully saturated rings. The summed E-state index contributed by atoms with van der Waals surface area (Å²) in [7, 11) is 2.00. The van der Waals surface area contributed by atoms with Crippen molar-refractivity contribution in [3.05, 3.63) is 5.89 Å². The summed E-state index contributed by atoms with van der Waals surface area (Å²) in [6, 6.07) is 1.10. The summed E-state index contributed by atoms with van der Waals surface area (Å²) in [6.07, 6.45) is 1.11. The van der Waals surface area contributed by atoms with E-state index in [0.29, 0.717) is 23.9 Å². The summed E-state index contributed by atoms with van der Waals surface area (Å²) in [4.78, 5) is 2.05. The molecule has 1 aromatic rings. The molecule has 0 spiro atoms. The zero-order valence-electron chi connectivity index (χ0n) is 12.4. The predicted molar refractivity (Wildman–Crippen MR) is 73.7 cm³/mol. The molecule has 0 aliphatic rings. The Balaban J connectivity index is 2.66. The maximum absolute atomic E-state index is 5.70. The smallest absolute Gasteiger partial charge is 0.318 e. The highest BCUT2D eigenvalue weighted by atomic mass is 16.4. The second kappa shape index (κ2) is 6.73. The fourth-order valence-corrected chi connectivity index (χ4v) is 1.97. The molecule has 0 amide bonds. The lowest BCUT2D eigenvalue weighted by Crippen LogP contribution is -2.30. The highest BCUT2D eigenvalue weighted by Crippen LogP contribution is 2.20. The lowest BCUT2D eigenvalue weighted by molar-refractivity contribution is 0.408. The van der Waals surface area contributed by atoms with Crippen LogP contribution in [-0.4, -0.2) is 29.8 Å². The van der Waals surface area contributed by atoms with Crippen molar-refractivity contribution in [2.75, 3.05) is 18.5 Å². The van der Waals surface area contributed by atoms with Gasteiger partial charge in [-0.3, -0.25) is 0 Å². The van der Waals surface area contributed by atoms with Crippen molar-refractivity contribution in [2.45, 2.75) is 53.1 Å². The third-order valence-corrected chi connectivity index (χ3v) is 3.09. The number of nitrogens with zero attached hydrogens (tertiary/aromatic N) is 3. The lowest BCUT2D eigenvalue weighted by atomic mass is 10.0. The van der Waals surface area contributed by atoms with E-state index in [4.69, 9.17) is 4.42 Å². The van der Waals surface area contributed by atoms with Crippen LogP contribution in [0.5, 0.6) is 0 Å². The molecule has 2 atom stereocenters. The molecule has 1 rings (SSSR count). The first-order chi connectivity index (χ1) is 8.45. The molecule has 0 aromatic carbocycles. The van der Waals surface area contributed by atoms with Crippen molar-refractivity contribution in [3.63, 3.8) is 0 Å². The predicted octanol–water partition coefficient (Wildman–Crippen LogP) is 2.61. The minimum atomic E-state index is 0.102. The van der Waals surface area contributed by atoms with Gasteiger partial charge in [0.1, 0.15) is 0 Å². The average molecular weight is 254 g/mol. The highest BCUT2D eigenvalue weighted by molar-refractivity contribution is 5.24. The standard InChI is InChI=1S/C13H26N4O/c1-7-14-11(5)12-15-16-13(18-12)17(6)10(4)8-9(2)3/h9-11,14H,7-8H2,1-6H3. The SMILES string of the molecule is CCNC(C)c1nnc(N(C)C(C)CC(C)C)o1. The summed E-state index contributed by atoms with van der Waals surface area (Å²) in [6.45, 7) is 11.6. The second-order valence-electron chi connectivity index (χ2n) is 5.29. The molecule has 5 heteroatoms. The van der Waals surface area contributed by atoms with E-state index in [1.54, 1.807) is 0 Å². The lowest BCUT2D eigenvalue weighted by Gasteiger charge is -2.24. The normalized spacial score (nSPS) is 14.8. The summed E-state index contributed by atoms with van der Waals surface area (Å²) >= 11 is 0. The Kier molecular flexibility index (Phi) is 5.59. The molecule has 1 N–H and O–H groups in total. The topological polar surface area (TPSA) is 54.2 Å². The number of hydrogen-bond acceptors (Lipinski definition) is 5. The number of aromatic nitrogens is 2. The van der Waals surface area contributed by atoms with Crippen molar-refractivity contribution in [1.29, 1.82) is 0 Å². The van der Waals surface area contributed by atoms with Crippen LogP contribution in [0.15, 0.2) is 4.42 Å². The number of anilines is 1. The Hall–Kier alpha value is -1.10. The van der Waals surface area contributed by atoms with E-state index >= 15 is 0 Å². The van der Waals surface area contributed by atoms with Crippen molar-refractivity contribution in [3.8, 4) is 0 Å². The Bertz CT molecular complexity index is 351. The largest absolute Gasteiger partial charge is 0.406 e. The molecule has 0 bridgehead atoms. The second-order valence-corrected chi connectivity index (χ2v) is 5.29. The molecule has 0 saturated carbocycles. The van der Waals surface area contributed by atoms with Gasteiger partial charge in [0.05, 0.1) is 6.04 Å². The maximum atomic E-state index is 5.70. The van der Waals surface area contributed by atoms with E-state index < -0.39 is 0 Å². The highest BCUT2D eigenvalue weighted by Gasteiger charge is 2.19. The van der Waals surface area contributed by atoms with E-state index in [-0.39, 0.29) is 6.04 Å². The van der Waals surface area contributed by atoms with Gasteiger partial charge < -0.3 is 14.6 Å². The zero-order valence-corrected chi connectivity index (χ0v) is 12.4. The molecule has 0 radical (unpaired) electrons. The van der Waals surface area contributed by atoms with Gasteiger partial charge in [0, 0.05) is 13.1 Å². The van der Waals surface area contributed by atoms with Crippen molar-refractivity contribution in [1.82, 2.24) is 15.5 Å². The molecular weight excluding hydrogens is 228 g/mol. The number of hydrogen-bond donors (Lipinski definition) is 1. The fraction of sp³-hybridized carbons (Fsp3) is 0.846. The molecule has 104 valence electrons. The third kappa shape index (κ3) is 3.98. The Morgan fingerprint density at radius 1 is 1.22 bits per heavy atom. The van der Waals surface area contributed by atoms with Gasteiger partial charge in [-0.15, -0.1) is 5.10 Å². The van der Waals surface area contributed by atoms with Crippen LogP contribution >= 0.6 is 0 Å². The number of nitrogens with one attached hydrogen (secondary N) is 1. The first-order valence-electron chi connectivity index (χ1n) is 6.75. The van der Waals surface area contributed by atoms with Gasteiger partial charge in [-0.25, -0.2) is 0 Å². The van der Waals surface area contributed by atoms with Crippen LogP contribution in [0.25, 0.3) is 0 Å². The average Bonchev–Trinajstić information content (AvgIpc) is 2.76. The van der Waals surface area contributed by atoms with Crippen molar-refractivity contribution in [2.24, 2.45) is 5.92 Å². The van der Waals surface area contributed by atoms with Crippen molar-refractivity contribution < 1.29 is 4.42 Å². The molecule has 0 aliphatic carbocycles. The summed E-state index contributed by atoms with van der Waals surface area (Å²) < 4.78 is 5.70. The van der Waals surface area contributed by atoms with Crippen LogP contribution in [0.3, 0.4) is 0 Å². The van der Waals surface area contributed by atoms with E-state index in [2.05, 4.69) is 48.1 Å². The molecule has 0 saturated heterocycles. The minimum absolute atomic E-state index is 0.102. The first-order valence-corrected chi connectivity index (χ1v) is 6.75. The van der Waals surface area contributed by atoms with Crippen LogP contribution in [0.4, 0.5) is 6.01 Å². The van der Waals surface area contributed by atoms with Gasteiger partial charge in [0.25, 0.3) is 0 Å².